The topological polar surface area (TPSA) is 118 Å². The third-order valence-electron chi connectivity index (χ3n) is 5.63. The van der Waals surface area contributed by atoms with Crippen molar-refractivity contribution in [2.75, 3.05) is 11.9 Å². The third-order valence-corrected chi connectivity index (χ3v) is 5.63. The molecule has 1 atom stereocenters. The van der Waals surface area contributed by atoms with Gasteiger partial charge in [-0.2, -0.15) is 0 Å². The SMILES string of the molecule is O=C(O)CCC(NC(=O)OCC1c2ccccc2-c2ccccc21)C(=O)Nc1ccncc1F. The Morgan fingerprint density at radius 2 is 1.68 bits per heavy atom. The van der Waals surface area contributed by atoms with Crippen LogP contribution in [0.1, 0.15) is 29.9 Å². The summed E-state index contributed by atoms with van der Waals surface area (Å²) in [6, 6.07) is 15.7. The maximum atomic E-state index is 13.8. The smallest absolute Gasteiger partial charge is 0.407 e. The Balaban J connectivity index is 1.43. The molecule has 1 unspecified atom stereocenters. The Morgan fingerprint density at radius 1 is 1.03 bits per heavy atom. The van der Waals surface area contributed by atoms with Gasteiger partial charge in [0.1, 0.15) is 12.6 Å². The minimum atomic E-state index is -1.24. The van der Waals surface area contributed by atoms with E-state index in [1.807, 2.05) is 48.5 Å². The van der Waals surface area contributed by atoms with E-state index >= 15 is 0 Å². The number of pyridine rings is 1. The number of carboxylic acids is 1. The summed E-state index contributed by atoms with van der Waals surface area (Å²) < 4.78 is 19.3. The van der Waals surface area contributed by atoms with Crippen molar-refractivity contribution in [3.8, 4) is 11.1 Å². The summed E-state index contributed by atoms with van der Waals surface area (Å²) in [6.07, 6.45) is 0.784. The third kappa shape index (κ3) is 5.03. The van der Waals surface area contributed by atoms with Crippen molar-refractivity contribution < 1.29 is 28.6 Å². The van der Waals surface area contributed by atoms with Gasteiger partial charge in [-0.05, 0) is 34.7 Å². The first kappa shape index (κ1) is 22.9. The second kappa shape index (κ2) is 10.1. The summed E-state index contributed by atoms with van der Waals surface area (Å²) in [4.78, 5) is 39.8. The molecular weight excluding hydrogens is 441 g/mol. The van der Waals surface area contributed by atoms with Gasteiger partial charge in [-0.15, -0.1) is 0 Å². The lowest BCUT2D eigenvalue weighted by molar-refractivity contribution is -0.137. The summed E-state index contributed by atoms with van der Waals surface area (Å²) in [7, 11) is 0. The number of halogens is 1. The van der Waals surface area contributed by atoms with E-state index < -0.39 is 29.8 Å². The minimum Gasteiger partial charge on any atom is -0.481 e. The van der Waals surface area contributed by atoms with Crippen LogP contribution in [0.4, 0.5) is 14.9 Å². The van der Waals surface area contributed by atoms with Gasteiger partial charge in [-0.25, -0.2) is 9.18 Å². The molecule has 3 N–H and O–H groups in total. The van der Waals surface area contributed by atoms with Crippen LogP contribution in [0.2, 0.25) is 0 Å². The van der Waals surface area contributed by atoms with Crippen molar-refractivity contribution in [1.82, 2.24) is 10.3 Å². The van der Waals surface area contributed by atoms with Gasteiger partial charge in [0.05, 0.1) is 11.9 Å². The molecule has 0 aliphatic heterocycles. The molecule has 1 aromatic heterocycles. The number of rotatable bonds is 8. The molecule has 4 rings (SSSR count). The van der Waals surface area contributed by atoms with E-state index in [-0.39, 0.29) is 31.1 Å². The second-order valence-electron chi connectivity index (χ2n) is 7.80. The largest absolute Gasteiger partial charge is 0.481 e. The summed E-state index contributed by atoms with van der Waals surface area (Å²) in [5, 5.41) is 13.8. The Morgan fingerprint density at radius 3 is 2.29 bits per heavy atom. The molecule has 0 spiro atoms. The molecule has 9 heteroatoms. The van der Waals surface area contributed by atoms with Gasteiger partial charge in [0, 0.05) is 18.5 Å². The number of nitrogens with zero attached hydrogens (tertiary/aromatic N) is 1. The van der Waals surface area contributed by atoms with Gasteiger partial charge >= 0.3 is 12.1 Å². The number of hydrogen-bond acceptors (Lipinski definition) is 5. The number of alkyl carbamates (subject to hydrolysis) is 1. The maximum Gasteiger partial charge on any atom is 0.407 e. The lowest BCUT2D eigenvalue weighted by Crippen LogP contribution is -2.44. The first-order chi connectivity index (χ1) is 16.4. The van der Waals surface area contributed by atoms with Crippen LogP contribution in [0.5, 0.6) is 0 Å². The Bertz CT molecular complexity index is 1190. The summed E-state index contributed by atoms with van der Waals surface area (Å²) in [6.45, 7) is 0.0338. The molecule has 0 radical (unpaired) electrons. The zero-order chi connectivity index (χ0) is 24.1. The normalized spacial score (nSPS) is 12.9. The molecule has 1 heterocycles. The van der Waals surface area contributed by atoms with Crippen LogP contribution in [0.15, 0.2) is 67.0 Å². The van der Waals surface area contributed by atoms with Gasteiger partial charge in [-0.1, -0.05) is 48.5 Å². The fourth-order valence-corrected chi connectivity index (χ4v) is 4.02. The van der Waals surface area contributed by atoms with Crippen molar-refractivity contribution in [1.29, 1.82) is 0 Å². The lowest BCUT2D eigenvalue weighted by atomic mass is 9.98. The Labute approximate surface area is 194 Å². The van der Waals surface area contributed by atoms with E-state index in [1.54, 1.807) is 0 Å². The zero-order valence-electron chi connectivity index (χ0n) is 18.0. The number of carbonyl (C=O) groups excluding carboxylic acids is 2. The summed E-state index contributed by atoms with van der Waals surface area (Å²) in [5.74, 6) is -2.83. The Hall–Kier alpha value is -4.27. The minimum absolute atomic E-state index is 0.0338. The fraction of sp³-hybridized carbons (Fsp3) is 0.200. The molecule has 2 amide bonds. The predicted molar refractivity (Wildman–Crippen MR) is 122 cm³/mol. The second-order valence-corrected chi connectivity index (χ2v) is 7.80. The van der Waals surface area contributed by atoms with Crippen LogP contribution in [0.3, 0.4) is 0 Å². The first-order valence-electron chi connectivity index (χ1n) is 10.7. The van der Waals surface area contributed by atoms with Crippen LogP contribution >= 0.6 is 0 Å². The van der Waals surface area contributed by atoms with Crippen molar-refractivity contribution in [2.45, 2.75) is 24.8 Å². The molecule has 3 aromatic rings. The van der Waals surface area contributed by atoms with Crippen LogP contribution in [-0.4, -0.2) is 40.7 Å². The number of amides is 2. The maximum absolute atomic E-state index is 13.8. The van der Waals surface area contributed by atoms with E-state index in [0.29, 0.717) is 0 Å². The molecule has 0 saturated carbocycles. The number of carbonyl (C=O) groups is 3. The number of hydrogen-bond donors (Lipinski definition) is 3. The molecule has 34 heavy (non-hydrogen) atoms. The molecule has 1 aliphatic rings. The average Bonchev–Trinajstić information content (AvgIpc) is 3.15. The highest BCUT2D eigenvalue weighted by atomic mass is 19.1. The van der Waals surface area contributed by atoms with Gasteiger partial charge in [0.15, 0.2) is 5.82 Å². The van der Waals surface area contributed by atoms with Crippen LogP contribution in [-0.2, 0) is 14.3 Å². The first-order valence-corrected chi connectivity index (χ1v) is 10.7. The van der Waals surface area contributed by atoms with E-state index in [4.69, 9.17) is 9.84 Å². The van der Waals surface area contributed by atoms with Crippen molar-refractivity contribution in [2.24, 2.45) is 0 Å². The number of carboxylic acid groups (broad SMARTS) is 1. The fourth-order valence-electron chi connectivity index (χ4n) is 4.02. The highest BCUT2D eigenvalue weighted by molar-refractivity contribution is 5.96. The molecule has 1 aliphatic carbocycles. The average molecular weight is 463 g/mol. The zero-order valence-corrected chi connectivity index (χ0v) is 18.0. The van der Waals surface area contributed by atoms with E-state index in [0.717, 1.165) is 28.5 Å². The van der Waals surface area contributed by atoms with Gasteiger partial charge < -0.3 is 20.5 Å². The molecule has 2 aromatic carbocycles. The number of anilines is 1. The molecule has 174 valence electrons. The molecule has 0 saturated heterocycles. The van der Waals surface area contributed by atoms with E-state index in [9.17, 15) is 18.8 Å². The number of nitrogens with one attached hydrogen (secondary N) is 2. The van der Waals surface area contributed by atoms with Crippen LogP contribution in [0.25, 0.3) is 11.1 Å². The van der Waals surface area contributed by atoms with Crippen LogP contribution < -0.4 is 10.6 Å². The standard InChI is InChI=1S/C25H22FN3O5/c26-20-13-27-12-11-21(20)28-24(32)22(9-10-23(30)31)29-25(33)34-14-19-17-7-3-1-5-15(17)16-6-2-4-8-18(16)19/h1-8,11-13,19,22H,9-10,14H2,(H,29,33)(H,30,31)(H,27,28,32). The number of benzene rings is 2. The van der Waals surface area contributed by atoms with Crippen molar-refractivity contribution in [3.05, 3.63) is 83.9 Å². The molecule has 0 bridgehead atoms. The Kier molecular flexibility index (Phi) is 6.82. The number of aromatic nitrogens is 1. The van der Waals surface area contributed by atoms with Crippen molar-refractivity contribution >= 4 is 23.7 Å². The molecule has 0 fully saturated rings. The molecule has 8 nitrogen and oxygen atoms in total. The van der Waals surface area contributed by atoms with Crippen LogP contribution in [0, 0.1) is 5.82 Å². The molecular formula is C25H22FN3O5. The predicted octanol–water partition coefficient (Wildman–Crippen LogP) is 3.93. The highest BCUT2D eigenvalue weighted by Gasteiger charge is 2.30. The van der Waals surface area contributed by atoms with Gasteiger partial charge in [0.25, 0.3) is 0 Å². The quantitative estimate of drug-likeness (QED) is 0.466. The number of fused-ring (bicyclic) bond motifs is 3. The van der Waals surface area contributed by atoms with E-state index in [1.165, 1.54) is 12.3 Å². The van der Waals surface area contributed by atoms with Crippen molar-refractivity contribution in [3.63, 3.8) is 0 Å². The monoisotopic (exact) mass is 463 g/mol. The lowest BCUT2D eigenvalue weighted by Gasteiger charge is -2.19. The summed E-state index contributed by atoms with van der Waals surface area (Å²) in [5.41, 5.74) is 4.08. The summed E-state index contributed by atoms with van der Waals surface area (Å²) >= 11 is 0. The highest BCUT2D eigenvalue weighted by Crippen LogP contribution is 2.44. The van der Waals surface area contributed by atoms with Gasteiger partial charge in [0.2, 0.25) is 5.91 Å². The van der Waals surface area contributed by atoms with E-state index in [2.05, 4.69) is 15.6 Å². The number of ether oxygens (including phenoxy) is 1. The number of aliphatic carboxylic acids is 1. The van der Waals surface area contributed by atoms with Gasteiger partial charge in [-0.3, -0.25) is 14.6 Å².